The van der Waals surface area contributed by atoms with Crippen molar-refractivity contribution >= 4 is 5.97 Å². The number of ether oxygens (including phenoxy) is 1. The molecular weight excluding hydrogens is 240 g/mol. The number of hydrogen-bond acceptors (Lipinski definition) is 4. The molecule has 4 heteroatoms. The highest BCUT2D eigenvalue weighted by Crippen LogP contribution is 2.33. The summed E-state index contributed by atoms with van der Waals surface area (Å²) in [6, 6.07) is 5.87. The molecule has 1 atom stereocenters. The predicted octanol–water partition coefficient (Wildman–Crippen LogP) is 2.35. The number of carbonyl (C=O) groups is 1. The molecule has 1 saturated heterocycles. The van der Waals surface area contributed by atoms with Crippen molar-refractivity contribution in [2.45, 2.75) is 38.6 Å². The first-order valence-electron chi connectivity index (χ1n) is 6.99. The molecular formula is C15H22N2O2. The SMILES string of the molecule is CCOC(=O)CC(C)(c1ccccn1)N1CCCC1. The summed E-state index contributed by atoms with van der Waals surface area (Å²) in [5.41, 5.74) is 0.592. The third-order valence-corrected chi connectivity index (χ3v) is 3.81. The van der Waals surface area contributed by atoms with E-state index in [4.69, 9.17) is 4.74 Å². The Bertz CT molecular complexity index is 415. The van der Waals surface area contributed by atoms with Gasteiger partial charge in [-0.3, -0.25) is 14.7 Å². The summed E-state index contributed by atoms with van der Waals surface area (Å²) >= 11 is 0. The number of likely N-dealkylation sites (tertiary alicyclic amines) is 1. The number of rotatable bonds is 5. The first kappa shape index (κ1) is 14.0. The second kappa shape index (κ2) is 6.15. The van der Waals surface area contributed by atoms with Crippen molar-refractivity contribution in [3.8, 4) is 0 Å². The zero-order valence-electron chi connectivity index (χ0n) is 11.8. The maximum atomic E-state index is 11.9. The van der Waals surface area contributed by atoms with E-state index in [1.807, 2.05) is 25.1 Å². The minimum absolute atomic E-state index is 0.150. The monoisotopic (exact) mass is 262 g/mol. The first-order valence-corrected chi connectivity index (χ1v) is 6.99. The van der Waals surface area contributed by atoms with E-state index >= 15 is 0 Å². The molecule has 19 heavy (non-hydrogen) atoms. The van der Waals surface area contributed by atoms with E-state index in [0.29, 0.717) is 13.0 Å². The van der Waals surface area contributed by atoms with Crippen LogP contribution in [0.4, 0.5) is 0 Å². The van der Waals surface area contributed by atoms with Gasteiger partial charge in [-0.1, -0.05) is 6.07 Å². The van der Waals surface area contributed by atoms with Gasteiger partial charge in [0.25, 0.3) is 0 Å². The molecule has 2 heterocycles. The van der Waals surface area contributed by atoms with Gasteiger partial charge >= 0.3 is 5.97 Å². The fourth-order valence-corrected chi connectivity index (χ4v) is 2.75. The first-order chi connectivity index (χ1) is 9.16. The van der Waals surface area contributed by atoms with Crippen molar-refractivity contribution in [2.24, 2.45) is 0 Å². The van der Waals surface area contributed by atoms with E-state index < -0.39 is 0 Å². The van der Waals surface area contributed by atoms with Crippen molar-refractivity contribution in [1.82, 2.24) is 9.88 Å². The Morgan fingerprint density at radius 3 is 2.74 bits per heavy atom. The van der Waals surface area contributed by atoms with Crippen molar-refractivity contribution in [3.05, 3.63) is 30.1 Å². The Morgan fingerprint density at radius 2 is 2.16 bits per heavy atom. The summed E-state index contributed by atoms with van der Waals surface area (Å²) < 4.78 is 5.13. The van der Waals surface area contributed by atoms with E-state index in [-0.39, 0.29) is 11.5 Å². The summed E-state index contributed by atoms with van der Waals surface area (Å²) in [5, 5.41) is 0. The lowest BCUT2D eigenvalue weighted by molar-refractivity contribution is -0.146. The van der Waals surface area contributed by atoms with Crippen LogP contribution in [0.3, 0.4) is 0 Å². The van der Waals surface area contributed by atoms with Crippen LogP contribution in [0.2, 0.25) is 0 Å². The van der Waals surface area contributed by atoms with Crippen LogP contribution in [0.5, 0.6) is 0 Å². The van der Waals surface area contributed by atoms with Crippen LogP contribution >= 0.6 is 0 Å². The molecule has 2 rings (SSSR count). The zero-order valence-corrected chi connectivity index (χ0v) is 11.8. The Kier molecular flexibility index (Phi) is 4.53. The highest BCUT2D eigenvalue weighted by molar-refractivity contribution is 5.71. The van der Waals surface area contributed by atoms with Gasteiger partial charge in [0, 0.05) is 6.20 Å². The van der Waals surface area contributed by atoms with Gasteiger partial charge < -0.3 is 4.74 Å². The molecule has 0 N–H and O–H groups in total. The minimum Gasteiger partial charge on any atom is -0.466 e. The van der Waals surface area contributed by atoms with Gasteiger partial charge in [0.2, 0.25) is 0 Å². The maximum Gasteiger partial charge on any atom is 0.308 e. The van der Waals surface area contributed by atoms with Crippen LogP contribution in [-0.4, -0.2) is 35.5 Å². The number of hydrogen-bond donors (Lipinski definition) is 0. The quantitative estimate of drug-likeness (QED) is 0.764. The van der Waals surface area contributed by atoms with Gasteiger partial charge in [-0.15, -0.1) is 0 Å². The van der Waals surface area contributed by atoms with Crippen molar-refractivity contribution < 1.29 is 9.53 Å². The molecule has 0 spiro atoms. The Morgan fingerprint density at radius 1 is 1.42 bits per heavy atom. The normalized spacial score (nSPS) is 19.1. The van der Waals surface area contributed by atoms with Crippen LogP contribution in [0.25, 0.3) is 0 Å². The molecule has 1 aliphatic rings. The maximum absolute atomic E-state index is 11.9. The molecule has 0 aromatic carbocycles. The Balaban J connectivity index is 2.24. The molecule has 0 radical (unpaired) electrons. The molecule has 0 saturated carbocycles. The fraction of sp³-hybridized carbons (Fsp3) is 0.600. The van der Waals surface area contributed by atoms with Crippen LogP contribution in [-0.2, 0) is 15.1 Å². The highest BCUT2D eigenvalue weighted by Gasteiger charge is 2.38. The smallest absolute Gasteiger partial charge is 0.308 e. The summed E-state index contributed by atoms with van der Waals surface area (Å²) in [7, 11) is 0. The Labute approximate surface area is 114 Å². The number of nitrogens with zero attached hydrogens (tertiary/aromatic N) is 2. The second-order valence-electron chi connectivity index (χ2n) is 5.16. The largest absolute Gasteiger partial charge is 0.466 e. The molecule has 0 aliphatic carbocycles. The molecule has 1 aliphatic heterocycles. The molecule has 1 aromatic heterocycles. The summed E-state index contributed by atoms with van der Waals surface area (Å²) in [5.74, 6) is -0.150. The highest BCUT2D eigenvalue weighted by atomic mass is 16.5. The van der Waals surface area contributed by atoms with E-state index in [1.165, 1.54) is 12.8 Å². The number of pyridine rings is 1. The topological polar surface area (TPSA) is 42.4 Å². The number of esters is 1. The van der Waals surface area contributed by atoms with Crippen LogP contribution in [0.15, 0.2) is 24.4 Å². The van der Waals surface area contributed by atoms with Gasteiger partial charge in [0.05, 0.1) is 24.3 Å². The lowest BCUT2D eigenvalue weighted by Gasteiger charge is -2.37. The molecule has 4 nitrogen and oxygen atoms in total. The molecule has 1 aromatic rings. The second-order valence-corrected chi connectivity index (χ2v) is 5.16. The van der Waals surface area contributed by atoms with Gasteiger partial charge in [-0.2, -0.15) is 0 Å². The van der Waals surface area contributed by atoms with Crippen molar-refractivity contribution in [3.63, 3.8) is 0 Å². The zero-order chi connectivity index (χ0) is 13.7. The van der Waals surface area contributed by atoms with Crippen LogP contribution in [0.1, 0.15) is 38.8 Å². The summed E-state index contributed by atoms with van der Waals surface area (Å²) in [6.07, 6.45) is 4.52. The summed E-state index contributed by atoms with van der Waals surface area (Å²) in [4.78, 5) is 18.7. The lowest BCUT2D eigenvalue weighted by atomic mass is 9.91. The summed E-state index contributed by atoms with van der Waals surface area (Å²) in [6.45, 7) is 6.40. The third-order valence-electron chi connectivity index (χ3n) is 3.81. The van der Waals surface area contributed by atoms with E-state index in [2.05, 4.69) is 16.8 Å². The van der Waals surface area contributed by atoms with Gasteiger partial charge in [-0.05, 0) is 51.9 Å². The molecule has 1 unspecified atom stereocenters. The van der Waals surface area contributed by atoms with Gasteiger partial charge in [0.15, 0.2) is 0 Å². The number of carbonyl (C=O) groups excluding carboxylic acids is 1. The number of aromatic nitrogens is 1. The van der Waals surface area contributed by atoms with Gasteiger partial charge in [0.1, 0.15) is 0 Å². The van der Waals surface area contributed by atoms with E-state index in [0.717, 1.165) is 18.8 Å². The average molecular weight is 262 g/mol. The Hall–Kier alpha value is -1.42. The van der Waals surface area contributed by atoms with E-state index in [9.17, 15) is 4.79 Å². The van der Waals surface area contributed by atoms with E-state index in [1.54, 1.807) is 6.20 Å². The molecule has 1 fully saturated rings. The third kappa shape index (κ3) is 3.13. The molecule has 0 amide bonds. The minimum atomic E-state index is -0.357. The van der Waals surface area contributed by atoms with Gasteiger partial charge in [-0.25, -0.2) is 0 Å². The van der Waals surface area contributed by atoms with Crippen LogP contribution < -0.4 is 0 Å². The standard InChI is InChI=1S/C15H22N2O2/c1-3-19-14(18)12-15(2,17-10-6-7-11-17)13-8-4-5-9-16-13/h4-5,8-9H,3,6-7,10-12H2,1-2H3. The molecule has 104 valence electrons. The molecule has 0 bridgehead atoms. The fourth-order valence-electron chi connectivity index (χ4n) is 2.75. The average Bonchev–Trinajstić information content (AvgIpc) is 2.94. The lowest BCUT2D eigenvalue weighted by Crippen LogP contribution is -2.44. The predicted molar refractivity (Wildman–Crippen MR) is 73.6 cm³/mol. The van der Waals surface area contributed by atoms with Crippen LogP contribution in [0, 0.1) is 0 Å². The van der Waals surface area contributed by atoms with Crippen molar-refractivity contribution in [2.75, 3.05) is 19.7 Å². The van der Waals surface area contributed by atoms with Crippen molar-refractivity contribution in [1.29, 1.82) is 0 Å².